The Morgan fingerprint density at radius 3 is 2.76 bits per heavy atom. The first-order valence-electron chi connectivity index (χ1n) is 6.55. The molecule has 1 aromatic carbocycles. The lowest BCUT2D eigenvalue weighted by Gasteiger charge is -2.07. The minimum atomic E-state index is -3.38. The molecule has 0 fully saturated rings. The highest BCUT2D eigenvalue weighted by Crippen LogP contribution is 2.10. The molecule has 0 atom stereocenters. The van der Waals surface area contributed by atoms with Crippen LogP contribution in [-0.2, 0) is 28.8 Å². The van der Waals surface area contributed by atoms with Crippen LogP contribution in [0.5, 0.6) is 0 Å². The van der Waals surface area contributed by atoms with Gasteiger partial charge in [-0.3, -0.25) is 0 Å². The molecule has 2 rings (SSSR count). The molecule has 5 nitrogen and oxygen atoms in total. The molecule has 0 aliphatic rings. The molecular weight excluding hydrogens is 308 g/mol. The maximum absolute atomic E-state index is 12.0. The van der Waals surface area contributed by atoms with Gasteiger partial charge in [0, 0.05) is 18.3 Å². The van der Waals surface area contributed by atoms with E-state index in [-0.39, 0.29) is 12.4 Å². The van der Waals surface area contributed by atoms with Crippen LogP contribution in [0.15, 0.2) is 29.6 Å². The maximum Gasteiger partial charge on any atom is 0.215 e. The SMILES string of the molecule is Cc1nc(CCNS(=O)(=O)Cc2cccc(CO)c2)cs1. The number of aliphatic hydroxyl groups is 1. The van der Waals surface area contributed by atoms with Gasteiger partial charge in [-0.2, -0.15) is 0 Å². The Hall–Kier alpha value is -1.28. The number of rotatable bonds is 7. The Balaban J connectivity index is 1.89. The summed E-state index contributed by atoms with van der Waals surface area (Å²) in [5.41, 5.74) is 2.28. The van der Waals surface area contributed by atoms with E-state index in [0.717, 1.165) is 10.7 Å². The van der Waals surface area contributed by atoms with E-state index in [1.165, 1.54) is 0 Å². The van der Waals surface area contributed by atoms with Gasteiger partial charge in [-0.25, -0.2) is 18.1 Å². The molecule has 7 heteroatoms. The van der Waals surface area contributed by atoms with Gasteiger partial charge in [-0.05, 0) is 18.1 Å². The topological polar surface area (TPSA) is 79.3 Å². The molecule has 0 radical (unpaired) electrons. The molecule has 114 valence electrons. The second-order valence-electron chi connectivity index (χ2n) is 4.74. The van der Waals surface area contributed by atoms with Crippen molar-refractivity contribution in [1.82, 2.24) is 9.71 Å². The summed E-state index contributed by atoms with van der Waals surface area (Å²) in [5.74, 6) is -0.0864. The second kappa shape index (κ2) is 7.13. The Morgan fingerprint density at radius 1 is 1.33 bits per heavy atom. The number of aryl methyl sites for hydroxylation is 1. The van der Waals surface area contributed by atoms with Crippen molar-refractivity contribution in [2.45, 2.75) is 25.7 Å². The van der Waals surface area contributed by atoms with Crippen molar-refractivity contribution >= 4 is 21.4 Å². The largest absolute Gasteiger partial charge is 0.392 e. The van der Waals surface area contributed by atoms with E-state index in [1.807, 2.05) is 12.3 Å². The third kappa shape index (κ3) is 5.20. The van der Waals surface area contributed by atoms with Gasteiger partial charge in [0.25, 0.3) is 0 Å². The molecular formula is C14H18N2O3S2. The summed E-state index contributed by atoms with van der Waals surface area (Å²) in [4.78, 5) is 4.29. The molecule has 1 aromatic heterocycles. The normalized spacial score (nSPS) is 11.7. The summed E-state index contributed by atoms with van der Waals surface area (Å²) < 4.78 is 26.6. The first-order chi connectivity index (χ1) is 9.98. The highest BCUT2D eigenvalue weighted by atomic mass is 32.2. The number of nitrogens with zero attached hydrogens (tertiary/aromatic N) is 1. The summed E-state index contributed by atoms with van der Waals surface area (Å²) >= 11 is 1.56. The molecule has 0 bridgehead atoms. The van der Waals surface area contributed by atoms with Crippen molar-refractivity contribution in [3.63, 3.8) is 0 Å². The minimum absolute atomic E-state index is 0.0864. The van der Waals surface area contributed by atoms with Crippen molar-refractivity contribution in [3.8, 4) is 0 Å². The molecule has 0 saturated carbocycles. The summed E-state index contributed by atoms with van der Waals surface area (Å²) in [6.45, 7) is 2.17. The van der Waals surface area contributed by atoms with Gasteiger partial charge in [0.1, 0.15) is 0 Å². The van der Waals surface area contributed by atoms with E-state index in [4.69, 9.17) is 5.11 Å². The number of nitrogens with one attached hydrogen (secondary N) is 1. The lowest BCUT2D eigenvalue weighted by atomic mass is 10.1. The zero-order valence-corrected chi connectivity index (χ0v) is 13.4. The lowest BCUT2D eigenvalue weighted by molar-refractivity contribution is 0.282. The monoisotopic (exact) mass is 326 g/mol. The van der Waals surface area contributed by atoms with E-state index in [0.29, 0.717) is 24.1 Å². The standard InChI is InChI=1S/C14H18N2O3S2/c1-11-16-14(9-20-11)5-6-15-21(18,19)10-13-4-2-3-12(7-13)8-17/h2-4,7,9,15,17H,5-6,8,10H2,1H3. The molecule has 0 amide bonds. The van der Waals surface area contributed by atoms with Crippen LogP contribution in [0.4, 0.5) is 0 Å². The fraction of sp³-hybridized carbons (Fsp3) is 0.357. The van der Waals surface area contributed by atoms with Crippen LogP contribution < -0.4 is 4.72 Å². The number of hydrogen-bond donors (Lipinski definition) is 2. The van der Waals surface area contributed by atoms with Crippen LogP contribution in [0.25, 0.3) is 0 Å². The van der Waals surface area contributed by atoms with Gasteiger partial charge < -0.3 is 5.11 Å². The molecule has 0 aliphatic carbocycles. The zero-order valence-electron chi connectivity index (χ0n) is 11.7. The third-order valence-electron chi connectivity index (χ3n) is 2.90. The molecule has 2 aromatic rings. The van der Waals surface area contributed by atoms with E-state index < -0.39 is 10.0 Å². The van der Waals surface area contributed by atoms with Gasteiger partial charge in [0.05, 0.1) is 23.1 Å². The number of benzene rings is 1. The molecule has 0 spiro atoms. The van der Waals surface area contributed by atoms with Crippen molar-refractivity contribution in [2.75, 3.05) is 6.54 Å². The predicted octanol–water partition coefficient (Wildman–Crippen LogP) is 1.61. The Kier molecular flexibility index (Phi) is 5.46. The van der Waals surface area contributed by atoms with E-state index in [1.54, 1.807) is 35.6 Å². The van der Waals surface area contributed by atoms with Crippen molar-refractivity contribution in [3.05, 3.63) is 51.5 Å². The molecule has 0 aliphatic heterocycles. The number of aliphatic hydroxyl groups excluding tert-OH is 1. The zero-order chi connectivity index (χ0) is 15.3. The third-order valence-corrected chi connectivity index (χ3v) is 5.08. The Morgan fingerprint density at radius 2 is 2.10 bits per heavy atom. The smallest absolute Gasteiger partial charge is 0.215 e. The van der Waals surface area contributed by atoms with Crippen LogP contribution in [0.3, 0.4) is 0 Å². The lowest BCUT2D eigenvalue weighted by Crippen LogP contribution is -2.27. The molecule has 0 unspecified atom stereocenters. The predicted molar refractivity (Wildman–Crippen MR) is 83.5 cm³/mol. The van der Waals surface area contributed by atoms with Gasteiger partial charge in [0.15, 0.2) is 0 Å². The van der Waals surface area contributed by atoms with Gasteiger partial charge in [-0.15, -0.1) is 11.3 Å². The average Bonchev–Trinajstić information content (AvgIpc) is 2.84. The quantitative estimate of drug-likeness (QED) is 0.810. The van der Waals surface area contributed by atoms with Crippen molar-refractivity contribution in [1.29, 1.82) is 0 Å². The number of hydrogen-bond acceptors (Lipinski definition) is 5. The van der Waals surface area contributed by atoms with Crippen LogP contribution in [-0.4, -0.2) is 25.1 Å². The summed E-state index contributed by atoms with van der Waals surface area (Å²) in [6, 6.07) is 6.94. The number of sulfonamides is 1. The maximum atomic E-state index is 12.0. The first kappa shape index (κ1) is 16.1. The summed E-state index contributed by atoms with van der Waals surface area (Å²) in [6.07, 6.45) is 0.584. The summed E-state index contributed by atoms with van der Waals surface area (Å²) in [5, 5.41) is 12.0. The highest BCUT2D eigenvalue weighted by molar-refractivity contribution is 7.88. The van der Waals surface area contributed by atoms with E-state index in [9.17, 15) is 8.42 Å². The fourth-order valence-corrected chi connectivity index (χ4v) is 3.73. The van der Waals surface area contributed by atoms with Crippen molar-refractivity contribution < 1.29 is 13.5 Å². The summed E-state index contributed by atoms with van der Waals surface area (Å²) in [7, 11) is -3.38. The minimum Gasteiger partial charge on any atom is -0.392 e. The van der Waals surface area contributed by atoms with Crippen LogP contribution in [0.2, 0.25) is 0 Å². The average molecular weight is 326 g/mol. The van der Waals surface area contributed by atoms with E-state index in [2.05, 4.69) is 9.71 Å². The van der Waals surface area contributed by atoms with E-state index >= 15 is 0 Å². The molecule has 2 N–H and O–H groups in total. The van der Waals surface area contributed by atoms with Crippen LogP contribution in [0, 0.1) is 6.92 Å². The van der Waals surface area contributed by atoms with Crippen LogP contribution >= 0.6 is 11.3 Å². The van der Waals surface area contributed by atoms with Gasteiger partial charge >= 0.3 is 0 Å². The highest BCUT2D eigenvalue weighted by Gasteiger charge is 2.11. The Bertz CT molecular complexity index is 696. The first-order valence-corrected chi connectivity index (χ1v) is 9.09. The van der Waals surface area contributed by atoms with Gasteiger partial charge in [0.2, 0.25) is 10.0 Å². The molecule has 21 heavy (non-hydrogen) atoms. The molecule has 0 saturated heterocycles. The molecule has 1 heterocycles. The van der Waals surface area contributed by atoms with Crippen LogP contribution in [0.1, 0.15) is 21.8 Å². The number of thiazole rings is 1. The second-order valence-corrected chi connectivity index (χ2v) is 7.61. The number of aromatic nitrogens is 1. The van der Waals surface area contributed by atoms with Crippen molar-refractivity contribution in [2.24, 2.45) is 0 Å². The Labute approximate surface area is 128 Å². The van der Waals surface area contributed by atoms with Gasteiger partial charge in [-0.1, -0.05) is 24.3 Å². The fourth-order valence-electron chi connectivity index (χ4n) is 1.95.